The molecule has 0 fully saturated rings. The highest BCUT2D eigenvalue weighted by Crippen LogP contribution is 2.26. The van der Waals surface area contributed by atoms with Crippen molar-refractivity contribution < 1.29 is 0 Å². The van der Waals surface area contributed by atoms with E-state index in [4.69, 9.17) is 5.73 Å². The number of hydrogen-bond donors (Lipinski definition) is 2. The Kier molecular flexibility index (Phi) is 3.05. The first-order valence-corrected chi connectivity index (χ1v) is 5.96. The molecule has 4 nitrogen and oxygen atoms in total. The van der Waals surface area contributed by atoms with Crippen molar-refractivity contribution >= 4 is 27.8 Å². The molecule has 0 aliphatic carbocycles. The van der Waals surface area contributed by atoms with E-state index in [9.17, 15) is 0 Å². The van der Waals surface area contributed by atoms with E-state index in [-0.39, 0.29) is 0 Å². The lowest BCUT2D eigenvalue weighted by Crippen LogP contribution is -1.96. The highest BCUT2D eigenvalue weighted by atomic mass is 32.1. The summed E-state index contributed by atoms with van der Waals surface area (Å²) in [5.74, 6) is 0.446. The minimum Gasteiger partial charge on any atom is -0.396 e. The van der Waals surface area contributed by atoms with Gasteiger partial charge in [-0.3, -0.25) is 4.98 Å². The molecule has 0 saturated heterocycles. The molecule has 2 rings (SSSR count). The lowest BCUT2D eigenvalue weighted by Gasteiger charge is -2.04. The molecule has 2 aromatic rings. The predicted molar refractivity (Wildman–Crippen MR) is 68.1 cm³/mol. The van der Waals surface area contributed by atoms with Crippen LogP contribution in [0.2, 0.25) is 0 Å². The van der Waals surface area contributed by atoms with Crippen molar-refractivity contribution in [1.82, 2.24) is 9.97 Å². The van der Waals surface area contributed by atoms with E-state index in [1.165, 1.54) is 0 Å². The lowest BCUT2D eigenvalue weighted by atomic mass is 10.2. The van der Waals surface area contributed by atoms with Crippen LogP contribution in [-0.4, -0.2) is 9.97 Å². The maximum Gasteiger partial charge on any atom is 0.187 e. The van der Waals surface area contributed by atoms with Gasteiger partial charge in [-0.05, 0) is 12.0 Å². The second kappa shape index (κ2) is 4.49. The standard InChI is InChI=1S/C11H14N4S/c1-7(2)10-6-16-11(15-10)14-9-3-4-13-5-8(9)12/h3-7H,12H2,1-2H3,(H,13,14,15). The monoisotopic (exact) mass is 234 g/mol. The zero-order chi connectivity index (χ0) is 11.5. The van der Waals surface area contributed by atoms with Gasteiger partial charge in [0.2, 0.25) is 0 Å². The van der Waals surface area contributed by atoms with Crippen LogP contribution in [0.5, 0.6) is 0 Å². The molecule has 84 valence electrons. The Morgan fingerprint density at radius 2 is 2.25 bits per heavy atom. The summed E-state index contributed by atoms with van der Waals surface area (Å²) in [5.41, 5.74) is 8.36. The Labute approximate surface area is 98.6 Å². The number of anilines is 3. The van der Waals surface area contributed by atoms with Gasteiger partial charge in [0.25, 0.3) is 0 Å². The van der Waals surface area contributed by atoms with Crippen LogP contribution in [0.4, 0.5) is 16.5 Å². The summed E-state index contributed by atoms with van der Waals surface area (Å²) >= 11 is 1.58. The van der Waals surface area contributed by atoms with Gasteiger partial charge < -0.3 is 11.1 Å². The topological polar surface area (TPSA) is 63.8 Å². The van der Waals surface area contributed by atoms with E-state index < -0.39 is 0 Å². The largest absolute Gasteiger partial charge is 0.396 e. The fourth-order valence-corrected chi connectivity index (χ4v) is 2.13. The minimum atomic E-state index is 0.446. The number of pyridine rings is 1. The molecule has 0 spiro atoms. The van der Waals surface area contributed by atoms with Crippen molar-refractivity contribution in [3.63, 3.8) is 0 Å². The van der Waals surface area contributed by atoms with Crippen LogP contribution in [0.15, 0.2) is 23.8 Å². The van der Waals surface area contributed by atoms with Crippen LogP contribution in [-0.2, 0) is 0 Å². The molecule has 0 atom stereocenters. The first kappa shape index (κ1) is 10.9. The van der Waals surface area contributed by atoms with E-state index in [2.05, 4.69) is 34.5 Å². The smallest absolute Gasteiger partial charge is 0.187 e. The summed E-state index contributed by atoms with van der Waals surface area (Å²) < 4.78 is 0. The fraction of sp³-hybridized carbons (Fsp3) is 0.273. The molecule has 16 heavy (non-hydrogen) atoms. The summed E-state index contributed by atoms with van der Waals surface area (Å²) in [4.78, 5) is 8.42. The molecule has 0 unspecified atom stereocenters. The maximum absolute atomic E-state index is 5.79. The zero-order valence-corrected chi connectivity index (χ0v) is 10.1. The average Bonchev–Trinajstić information content (AvgIpc) is 2.70. The van der Waals surface area contributed by atoms with Crippen LogP contribution in [0.3, 0.4) is 0 Å². The predicted octanol–water partition coefficient (Wildman–Crippen LogP) is 2.99. The molecular formula is C11H14N4S. The molecule has 0 aliphatic heterocycles. The van der Waals surface area contributed by atoms with Crippen molar-refractivity contribution in [2.24, 2.45) is 0 Å². The normalized spacial score (nSPS) is 10.7. The average molecular weight is 234 g/mol. The van der Waals surface area contributed by atoms with Gasteiger partial charge in [0.15, 0.2) is 5.13 Å². The fourth-order valence-electron chi connectivity index (χ4n) is 1.24. The van der Waals surface area contributed by atoms with Gasteiger partial charge in [-0.2, -0.15) is 0 Å². The van der Waals surface area contributed by atoms with Crippen LogP contribution in [0.1, 0.15) is 25.5 Å². The second-order valence-electron chi connectivity index (χ2n) is 3.82. The molecular weight excluding hydrogens is 220 g/mol. The van der Waals surface area contributed by atoms with Crippen molar-refractivity contribution in [2.75, 3.05) is 11.1 Å². The first-order valence-electron chi connectivity index (χ1n) is 5.08. The summed E-state index contributed by atoms with van der Waals surface area (Å²) in [6, 6.07) is 1.84. The molecule has 3 N–H and O–H groups in total. The van der Waals surface area contributed by atoms with E-state index in [0.717, 1.165) is 16.5 Å². The SMILES string of the molecule is CC(C)c1csc(Nc2ccncc2N)n1. The Balaban J connectivity index is 2.18. The Morgan fingerprint density at radius 3 is 2.88 bits per heavy atom. The van der Waals surface area contributed by atoms with Gasteiger partial charge in [-0.1, -0.05) is 13.8 Å². The van der Waals surface area contributed by atoms with Gasteiger partial charge in [-0.25, -0.2) is 4.98 Å². The molecule has 0 radical (unpaired) electrons. The highest BCUT2D eigenvalue weighted by molar-refractivity contribution is 7.13. The molecule has 2 heterocycles. The summed E-state index contributed by atoms with van der Waals surface area (Å²) in [5, 5.41) is 6.11. The number of aromatic nitrogens is 2. The van der Waals surface area contributed by atoms with E-state index in [1.807, 2.05) is 6.07 Å². The molecule has 0 aromatic carbocycles. The van der Waals surface area contributed by atoms with Crippen molar-refractivity contribution in [3.8, 4) is 0 Å². The third-order valence-corrected chi connectivity index (χ3v) is 2.98. The number of nitrogens with two attached hydrogens (primary N) is 1. The number of rotatable bonds is 3. The van der Waals surface area contributed by atoms with Crippen LogP contribution >= 0.6 is 11.3 Å². The quantitative estimate of drug-likeness (QED) is 0.857. The number of nitrogens with zero attached hydrogens (tertiary/aromatic N) is 2. The molecule has 0 amide bonds. The highest BCUT2D eigenvalue weighted by Gasteiger charge is 2.06. The van der Waals surface area contributed by atoms with E-state index in [0.29, 0.717) is 11.6 Å². The Bertz CT molecular complexity index is 478. The van der Waals surface area contributed by atoms with Gasteiger partial charge in [0.1, 0.15) is 0 Å². The molecule has 0 aliphatic rings. The Morgan fingerprint density at radius 1 is 1.44 bits per heavy atom. The second-order valence-corrected chi connectivity index (χ2v) is 4.68. The van der Waals surface area contributed by atoms with Gasteiger partial charge in [-0.15, -0.1) is 11.3 Å². The van der Waals surface area contributed by atoms with Crippen LogP contribution in [0, 0.1) is 0 Å². The summed E-state index contributed by atoms with van der Waals surface area (Å²) in [6.07, 6.45) is 3.33. The molecule has 5 heteroatoms. The molecule has 2 aromatic heterocycles. The van der Waals surface area contributed by atoms with Gasteiger partial charge >= 0.3 is 0 Å². The molecule has 0 bridgehead atoms. The van der Waals surface area contributed by atoms with E-state index >= 15 is 0 Å². The molecule has 0 saturated carbocycles. The van der Waals surface area contributed by atoms with Gasteiger partial charge in [0.05, 0.1) is 23.3 Å². The maximum atomic E-state index is 5.79. The number of nitrogen functional groups attached to an aromatic ring is 1. The van der Waals surface area contributed by atoms with E-state index in [1.54, 1.807) is 23.7 Å². The zero-order valence-electron chi connectivity index (χ0n) is 9.27. The number of hydrogen-bond acceptors (Lipinski definition) is 5. The lowest BCUT2D eigenvalue weighted by molar-refractivity contribution is 0.834. The van der Waals surface area contributed by atoms with Crippen molar-refractivity contribution in [3.05, 3.63) is 29.5 Å². The number of thiazole rings is 1. The third-order valence-electron chi connectivity index (χ3n) is 2.21. The van der Waals surface area contributed by atoms with Crippen molar-refractivity contribution in [1.29, 1.82) is 0 Å². The Hall–Kier alpha value is -1.62. The van der Waals surface area contributed by atoms with Gasteiger partial charge in [0, 0.05) is 11.6 Å². The van der Waals surface area contributed by atoms with Crippen LogP contribution < -0.4 is 11.1 Å². The summed E-state index contributed by atoms with van der Waals surface area (Å²) in [6.45, 7) is 4.25. The van der Waals surface area contributed by atoms with Crippen LogP contribution in [0.25, 0.3) is 0 Å². The van der Waals surface area contributed by atoms with Crippen molar-refractivity contribution in [2.45, 2.75) is 19.8 Å². The third kappa shape index (κ3) is 2.30. The summed E-state index contributed by atoms with van der Waals surface area (Å²) in [7, 11) is 0. The number of nitrogens with one attached hydrogen (secondary N) is 1. The first-order chi connectivity index (χ1) is 7.66. The minimum absolute atomic E-state index is 0.446.